The molecule has 0 aromatic carbocycles. The van der Waals surface area contributed by atoms with Crippen molar-refractivity contribution in [1.82, 2.24) is 10.6 Å². The number of Topliss-reactive ketones (excluding diaryl/α,β-unsaturated/α-hetero) is 1. The highest BCUT2D eigenvalue weighted by Gasteiger charge is 2.39. The van der Waals surface area contributed by atoms with E-state index in [1.165, 1.54) is 6.92 Å². The van der Waals surface area contributed by atoms with E-state index >= 15 is 0 Å². The van der Waals surface area contributed by atoms with Crippen LogP contribution in [0, 0.1) is 0 Å². The fraction of sp³-hybridized carbons (Fsp3) is 0.750. The highest BCUT2D eigenvalue weighted by Crippen LogP contribution is 2.36. The summed E-state index contributed by atoms with van der Waals surface area (Å²) in [4.78, 5) is 37.0. The molecule has 1 atom stereocenters. The molecule has 0 spiro atoms. The monoisotopic (exact) mass is 412 g/mol. The highest BCUT2D eigenvalue weighted by molar-refractivity contribution is 6.74. The van der Waals surface area contributed by atoms with E-state index in [9.17, 15) is 14.4 Å². The number of rotatable bonds is 6. The van der Waals surface area contributed by atoms with Crippen molar-refractivity contribution in [1.29, 1.82) is 0 Å². The van der Waals surface area contributed by atoms with Crippen LogP contribution in [0.15, 0.2) is 11.1 Å². The molecule has 1 aliphatic heterocycles. The zero-order valence-corrected chi connectivity index (χ0v) is 19.7. The first-order chi connectivity index (χ1) is 12.5. The van der Waals surface area contributed by atoms with E-state index in [1.54, 1.807) is 20.8 Å². The highest BCUT2D eigenvalue weighted by atomic mass is 28.4. The van der Waals surface area contributed by atoms with Crippen LogP contribution in [0.3, 0.4) is 0 Å². The number of hydrogen-bond acceptors (Lipinski definition) is 5. The Morgan fingerprint density at radius 2 is 1.75 bits per heavy atom. The van der Waals surface area contributed by atoms with Gasteiger partial charge in [-0.1, -0.05) is 20.8 Å². The Hall–Kier alpha value is -1.67. The van der Waals surface area contributed by atoms with Gasteiger partial charge in [-0.3, -0.25) is 9.59 Å². The van der Waals surface area contributed by atoms with Crippen molar-refractivity contribution in [3.8, 4) is 0 Å². The van der Waals surface area contributed by atoms with Crippen LogP contribution in [0.25, 0.3) is 0 Å². The molecule has 1 heterocycles. The Balaban J connectivity index is 3.21. The molecule has 2 N–H and O–H groups in total. The van der Waals surface area contributed by atoms with E-state index < -0.39 is 26.1 Å². The lowest BCUT2D eigenvalue weighted by Crippen LogP contribution is -2.49. The third-order valence-corrected chi connectivity index (χ3v) is 9.60. The summed E-state index contributed by atoms with van der Waals surface area (Å²) in [5.41, 5.74) is 0.0235. The van der Waals surface area contributed by atoms with Gasteiger partial charge in [0.2, 0.25) is 5.91 Å². The van der Waals surface area contributed by atoms with Crippen molar-refractivity contribution in [2.24, 2.45) is 0 Å². The fourth-order valence-electron chi connectivity index (χ4n) is 2.60. The van der Waals surface area contributed by atoms with Gasteiger partial charge in [-0.2, -0.15) is 0 Å². The Bertz CT molecular complexity index is 656. The van der Waals surface area contributed by atoms with Gasteiger partial charge in [0, 0.05) is 17.7 Å². The predicted molar refractivity (Wildman–Crippen MR) is 112 cm³/mol. The minimum Gasteiger partial charge on any atom is -0.444 e. The molecule has 1 unspecified atom stereocenters. The molecule has 1 rings (SSSR count). The molecule has 0 aromatic heterocycles. The van der Waals surface area contributed by atoms with E-state index in [0.717, 1.165) is 0 Å². The molecule has 0 aromatic rings. The van der Waals surface area contributed by atoms with Crippen LogP contribution in [0.1, 0.15) is 54.9 Å². The molecule has 0 aliphatic carbocycles. The SMILES string of the molecule is CC(=O)/C(=C1/CCNC1=O)C(CO[Si](C)(C)C(C)(C)C)NC(=O)OC(C)(C)C. The van der Waals surface area contributed by atoms with Crippen molar-refractivity contribution in [2.75, 3.05) is 13.2 Å². The first-order valence-corrected chi connectivity index (χ1v) is 12.6. The molecular formula is C20H36N2O5Si. The van der Waals surface area contributed by atoms with Crippen LogP contribution in [0.4, 0.5) is 4.79 Å². The van der Waals surface area contributed by atoms with E-state index in [-0.39, 0.29) is 23.3 Å². The smallest absolute Gasteiger partial charge is 0.408 e. The second-order valence-electron chi connectivity index (χ2n) is 9.72. The molecule has 7 nitrogen and oxygen atoms in total. The van der Waals surface area contributed by atoms with Gasteiger partial charge < -0.3 is 19.8 Å². The van der Waals surface area contributed by atoms with Gasteiger partial charge >= 0.3 is 6.09 Å². The summed E-state index contributed by atoms with van der Waals surface area (Å²) < 4.78 is 11.6. The van der Waals surface area contributed by atoms with Gasteiger partial charge in [0.1, 0.15) is 5.60 Å². The Morgan fingerprint density at radius 1 is 1.18 bits per heavy atom. The lowest BCUT2D eigenvalue weighted by molar-refractivity contribution is -0.118. The minimum absolute atomic E-state index is 0.0300. The lowest BCUT2D eigenvalue weighted by atomic mass is 9.96. The third kappa shape index (κ3) is 6.74. The number of alkyl carbamates (subject to hydrolysis) is 1. The van der Waals surface area contributed by atoms with Crippen LogP contribution in [-0.4, -0.2) is 50.9 Å². The maximum absolute atomic E-state index is 12.4. The second kappa shape index (κ2) is 8.78. The molecule has 0 radical (unpaired) electrons. The van der Waals surface area contributed by atoms with E-state index in [0.29, 0.717) is 24.1 Å². The van der Waals surface area contributed by atoms with Crippen molar-refractivity contribution in [3.63, 3.8) is 0 Å². The number of ketones is 1. The third-order valence-electron chi connectivity index (χ3n) is 5.10. The van der Waals surface area contributed by atoms with Gasteiger partial charge in [-0.15, -0.1) is 0 Å². The summed E-state index contributed by atoms with van der Waals surface area (Å²) >= 11 is 0. The van der Waals surface area contributed by atoms with Gasteiger partial charge in [-0.05, 0) is 52.2 Å². The van der Waals surface area contributed by atoms with E-state index in [2.05, 4.69) is 44.5 Å². The molecule has 1 aliphatic rings. The molecule has 28 heavy (non-hydrogen) atoms. The predicted octanol–water partition coefficient (Wildman–Crippen LogP) is 3.31. The largest absolute Gasteiger partial charge is 0.444 e. The molecule has 2 amide bonds. The molecule has 8 heteroatoms. The number of carbonyl (C=O) groups is 3. The zero-order chi connectivity index (χ0) is 21.9. The number of nitrogens with one attached hydrogen (secondary N) is 2. The van der Waals surface area contributed by atoms with Crippen LogP contribution < -0.4 is 10.6 Å². The van der Waals surface area contributed by atoms with Crippen molar-refractivity contribution in [2.45, 2.75) is 84.7 Å². The standard InChI is InChI=1S/C20H36N2O5Si/c1-13(23)16(14-10-11-21-17(14)24)15(22-18(25)27-19(2,3)4)12-26-28(8,9)20(5,6)7/h15H,10-12H2,1-9H3,(H,21,24)(H,22,25)/b16-14+. The second-order valence-corrected chi connectivity index (χ2v) is 14.5. The Labute approximate surface area is 169 Å². The zero-order valence-electron chi connectivity index (χ0n) is 18.7. The topological polar surface area (TPSA) is 93.7 Å². The normalized spacial score (nSPS) is 18.4. The first kappa shape index (κ1) is 24.4. The molecular weight excluding hydrogens is 376 g/mol. The van der Waals surface area contributed by atoms with Crippen molar-refractivity contribution >= 4 is 26.1 Å². The average Bonchev–Trinajstić information content (AvgIpc) is 2.87. The van der Waals surface area contributed by atoms with Gasteiger partial charge in [0.15, 0.2) is 14.1 Å². The first-order valence-electron chi connectivity index (χ1n) is 9.71. The summed E-state index contributed by atoms with van der Waals surface area (Å²) in [7, 11) is -2.13. The van der Waals surface area contributed by atoms with Crippen molar-refractivity contribution in [3.05, 3.63) is 11.1 Å². The maximum Gasteiger partial charge on any atom is 0.408 e. The molecule has 0 bridgehead atoms. The van der Waals surface area contributed by atoms with Crippen LogP contribution in [-0.2, 0) is 18.8 Å². The minimum atomic E-state index is -2.13. The molecule has 160 valence electrons. The lowest BCUT2D eigenvalue weighted by Gasteiger charge is -2.37. The van der Waals surface area contributed by atoms with Crippen LogP contribution >= 0.6 is 0 Å². The number of carbonyl (C=O) groups excluding carboxylic acids is 3. The van der Waals surface area contributed by atoms with E-state index in [1.807, 2.05) is 0 Å². The quantitative estimate of drug-likeness (QED) is 0.516. The summed E-state index contributed by atoms with van der Waals surface area (Å²) in [6.45, 7) is 17.8. The summed E-state index contributed by atoms with van der Waals surface area (Å²) in [6.07, 6.45) is -0.200. The molecule has 0 saturated carbocycles. The Morgan fingerprint density at radius 3 is 2.14 bits per heavy atom. The Kier molecular flexibility index (Phi) is 7.64. The number of ether oxygens (including phenoxy) is 1. The van der Waals surface area contributed by atoms with Gasteiger partial charge in [0.05, 0.1) is 12.6 Å². The van der Waals surface area contributed by atoms with E-state index in [4.69, 9.17) is 9.16 Å². The van der Waals surface area contributed by atoms with Crippen molar-refractivity contribution < 1.29 is 23.5 Å². The van der Waals surface area contributed by atoms with Gasteiger partial charge in [0.25, 0.3) is 0 Å². The average molecular weight is 413 g/mol. The molecule has 1 fully saturated rings. The number of amides is 2. The van der Waals surface area contributed by atoms with Crippen LogP contribution in [0.2, 0.25) is 18.1 Å². The van der Waals surface area contributed by atoms with Gasteiger partial charge in [-0.25, -0.2) is 4.79 Å². The summed E-state index contributed by atoms with van der Waals surface area (Å²) in [5.74, 6) is -0.527. The summed E-state index contributed by atoms with van der Waals surface area (Å²) in [5, 5.41) is 5.45. The molecule has 1 saturated heterocycles. The van der Waals surface area contributed by atoms with Crippen LogP contribution in [0.5, 0.6) is 0 Å². The summed E-state index contributed by atoms with van der Waals surface area (Å²) in [6, 6.07) is -0.750. The number of hydrogen-bond donors (Lipinski definition) is 2. The fourth-order valence-corrected chi connectivity index (χ4v) is 3.62. The maximum atomic E-state index is 12.4.